The Morgan fingerprint density at radius 1 is 1.10 bits per heavy atom. The number of hydrogen-bond acceptors (Lipinski definition) is 5. The molecule has 0 aromatic carbocycles. The van der Waals surface area contributed by atoms with E-state index in [2.05, 4.69) is 13.5 Å². The van der Waals surface area contributed by atoms with Crippen LogP contribution < -0.4 is 0 Å². The maximum atomic E-state index is 10.7. The first-order valence-corrected chi connectivity index (χ1v) is 7.23. The fraction of sp³-hybridized carbons (Fsp3) is 0.800. The lowest BCUT2D eigenvalue weighted by Crippen LogP contribution is -2.12. The first kappa shape index (κ1) is 19.1. The van der Waals surface area contributed by atoms with Crippen LogP contribution in [-0.4, -0.2) is 52.2 Å². The van der Waals surface area contributed by atoms with E-state index in [0.717, 1.165) is 32.1 Å². The van der Waals surface area contributed by atoms with Crippen molar-refractivity contribution >= 4 is 5.97 Å². The van der Waals surface area contributed by atoms with Gasteiger partial charge in [-0.1, -0.05) is 13.5 Å². The maximum absolute atomic E-state index is 10.7. The summed E-state index contributed by atoms with van der Waals surface area (Å²) in [6.07, 6.45) is 3.18. The molecule has 0 aromatic rings. The van der Waals surface area contributed by atoms with Gasteiger partial charge in [-0.25, -0.2) is 4.79 Å². The van der Waals surface area contributed by atoms with Crippen LogP contribution in [0.4, 0.5) is 0 Å². The molecule has 0 aliphatic carbocycles. The third-order valence-corrected chi connectivity index (χ3v) is 2.60. The monoisotopic (exact) mass is 288 g/mol. The summed E-state index contributed by atoms with van der Waals surface area (Å²) in [5.74, 6) is 0.102. The molecule has 0 fully saturated rings. The standard InChI is InChI=1S/C15H28O5/c1-4-15(16)20-12-11-18-8-6-7-14(3)13-19-10-9-17-5-2/h4,14H,1,5-13H2,2-3H3. The molecule has 0 saturated heterocycles. The Labute approximate surface area is 122 Å². The molecule has 0 rings (SSSR count). The van der Waals surface area contributed by atoms with Gasteiger partial charge >= 0.3 is 5.97 Å². The molecule has 0 aromatic heterocycles. The Kier molecular flexibility index (Phi) is 13.8. The Hall–Kier alpha value is -0.910. The second kappa shape index (κ2) is 14.5. The number of esters is 1. The summed E-state index contributed by atoms with van der Waals surface area (Å²) in [5, 5.41) is 0. The smallest absolute Gasteiger partial charge is 0.330 e. The zero-order valence-electron chi connectivity index (χ0n) is 12.8. The maximum Gasteiger partial charge on any atom is 0.330 e. The normalized spacial score (nSPS) is 12.1. The zero-order valence-corrected chi connectivity index (χ0v) is 12.8. The molecule has 20 heavy (non-hydrogen) atoms. The van der Waals surface area contributed by atoms with Crippen LogP contribution in [0.1, 0.15) is 26.7 Å². The molecule has 0 heterocycles. The van der Waals surface area contributed by atoms with Crippen molar-refractivity contribution in [3.05, 3.63) is 12.7 Å². The van der Waals surface area contributed by atoms with Gasteiger partial charge in [0.25, 0.3) is 0 Å². The van der Waals surface area contributed by atoms with Gasteiger partial charge in [0, 0.05) is 25.9 Å². The average Bonchev–Trinajstić information content (AvgIpc) is 2.45. The van der Waals surface area contributed by atoms with E-state index in [1.165, 1.54) is 0 Å². The minimum Gasteiger partial charge on any atom is -0.460 e. The van der Waals surface area contributed by atoms with Crippen LogP contribution in [0.3, 0.4) is 0 Å². The number of ether oxygens (including phenoxy) is 4. The fourth-order valence-electron chi connectivity index (χ4n) is 1.53. The lowest BCUT2D eigenvalue weighted by molar-refractivity contribution is -0.139. The molecule has 5 heteroatoms. The molecule has 1 atom stereocenters. The fourth-order valence-corrected chi connectivity index (χ4v) is 1.53. The third-order valence-electron chi connectivity index (χ3n) is 2.60. The molecule has 118 valence electrons. The minimum atomic E-state index is -0.411. The van der Waals surface area contributed by atoms with Crippen LogP contribution in [-0.2, 0) is 23.7 Å². The van der Waals surface area contributed by atoms with Gasteiger partial charge in [0.05, 0.1) is 19.8 Å². The van der Waals surface area contributed by atoms with Crippen molar-refractivity contribution < 1.29 is 23.7 Å². The minimum absolute atomic E-state index is 0.279. The van der Waals surface area contributed by atoms with E-state index in [4.69, 9.17) is 18.9 Å². The predicted octanol–water partition coefficient (Wildman–Crippen LogP) is 2.20. The van der Waals surface area contributed by atoms with Crippen molar-refractivity contribution in [3.63, 3.8) is 0 Å². The highest BCUT2D eigenvalue weighted by molar-refractivity contribution is 5.81. The van der Waals surface area contributed by atoms with Crippen LogP contribution in [0.5, 0.6) is 0 Å². The van der Waals surface area contributed by atoms with Gasteiger partial charge in [0.2, 0.25) is 0 Å². The SMILES string of the molecule is C=CC(=O)OCCOCCCC(C)COCCOCC. The zero-order chi connectivity index (χ0) is 15.1. The molecular weight excluding hydrogens is 260 g/mol. The molecule has 0 N–H and O–H groups in total. The topological polar surface area (TPSA) is 54.0 Å². The summed E-state index contributed by atoms with van der Waals surface area (Å²) < 4.78 is 20.8. The summed E-state index contributed by atoms with van der Waals surface area (Å²) >= 11 is 0. The van der Waals surface area contributed by atoms with Crippen molar-refractivity contribution in [1.82, 2.24) is 0 Å². The Morgan fingerprint density at radius 3 is 2.50 bits per heavy atom. The van der Waals surface area contributed by atoms with Gasteiger partial charge in [0.1, 0.15) is 6.61 Å². The predicted molar refractivity (Wildman–Crippen MR) is 77.7 cm³/mol. The van der Waals surface area contributed by atoms with Crippen LogP contribution in [0, 0.1) is 5.92 Å². The molecule has 1 unspecified atom stereocenters. The van der Waals surface area contributed by atoms with Gasteiger partial charge in [-0.2, -0.15) is 0 Å². The number of carbonyl (C=O) groups is 1. The van der Waals surface area contributed by atoms with Crippen LogP contribution in [0.2, 0.25) is 0 Å². The second-order valence-electron chi connectivity index (χ2n) is 4.50. The lowest BCUT2D eigenvalue weighted by Gasteiger charge is -2.12. The van der Waals surface area contributed by atoms with Crippen molar-refractivity contribution in [2.24, 2.45) is 5.92 Å². The summed E-state index contributed by atoms with van der Waals surface area (Å²) in [7, 11) is 0. The van der Waals surface area contributed by atoms with Crippen LogP contribution in [0.15, 0.2) is 12.7 Å². The first-order chi connectivity index (χ1) is 9.70. The largest absolute Gasteiger partial charge is 0.460 e. The van der Waals surface area contributed by atoms with Gasteiger partial charge in [-0.05, 0) is 25.7 Å². The summed E-state index contributed by atoms with van der Waals surface area (Å²) in [4.78, 5) is 10.7. The van der Waals surface area contributed by atoms with E-state index in [1.807, 2.05) is 6.92 Å². The molecule has 0 spiro atoms. The Balaban J connectivity index is 3.20. The second-order valence-corrected chi connectivity index (χ2v) is 4.50. The number of hydrogen-bond donors (Lipinski definition) is 0. The van der Waals surface area contributed by atoms with Crippen molar-refractivity contribution in [2.45, 2.75) is 26.7 Å². The summed E-state index contributed by atoms with van der Waals surface area (Å²) in [5.41, 5.74) is 0. The Bertz CT molecular complexity index is 242. The van der Waals surface area contributed by atoms with E-state index in [-0.39, 0.29) is 6.61 Å². The molecule has 0 radical (unpaired) electrons. The molecule has 0 saturated carbocycles. The summed E-state index contributed by atoms with van der Waals surface area (Å²) in [6, 6.07) is 0. The van der Waals surface area contributed by atoms with Gasteiger partial charge in [-0.15, -0.1) is 0 Å². The third kappa shape index (κ3) is 13.5. The van der Waals surface area contributed by atoms with Crippen LogP contribution >= 0.6 is 0 Å². The highest BCUT2D eigenvalue weighted by Gasteiger charge is 2.02. The van der Waals surface area contributed by atoms with E-state index in [0.29, 0.717) is 32.3 Å². The highest BCUT2D eigenvalue weighted by atomic mass is 16.6. The van der Waals surface area contributed by atoms with Gasteiger partial charge in [-0.3, -0.25) is 0 Å². The molecule has 0 aliphatic rings. The molecule has 5 nitrogen and oxygen atoms in total. The lowest BCUT2D eigenvalue weighted by atomic mass is 10.1. The highest BCUT2D eigenvalue weighted by Crippen LogP contribution is 2.06. The number of carbonyl (C=O) groups excluding carboxylic acids is 1. The van der Waals surface area contributed by atoms with Crippen molar-refractivity contribution in [3.8, 4) is 0 Å². The Morgan fingerprint density at radius 2 is 1.80 bits per heavy atom. The van der Waals surface area contributed by atoms with Crippen LogP contribution in [0.25, 0.3) is 0 Å². The average molecular weight is 288 g/mol. The van der Waals surface area contributed by atoms with Crippen molar-refractivity contribution in [1.29, 1.82) is 0 Å². The number of rotatable bonds is 14. The molecule has 0 amide bonds. The van der Waals surface area contributed by atoms with E-state index in [1.54, 1.807) is 0 Å². The quantitative estimate of drug-likeness (QED) is 0.279. The first-order valence-electron chi connectivity index (χ1n) is 7.23. The molecule has 0 aliphatic heterocycles. The van der Waals surface area contributed by atoms with E-state index in [9.17, 15) is 4.79 Å². The van der Waals surface area contributed by atoms with Gasteiger partial charge in [0.15, 0.2) is 0 Å². The molecular formula is C15H28O5. The van der Waals surface area contributed by atoms with Crippen molar-refractivity contribution in [2.75, 3.05) is 46.2 Å². The van der Waals surface area contributed by atoms with E-state index >= 15 is 0 Å². The van der Waals surface area contributed by atoms with E-state index < -0.39 is 5.97 Å². The summed E-state index contributed by atoms with van der Waals surface area (Å²) in [6.45, 7) is 11.6. The molecule has 0 bridgehead atoms. The van der Waals surface area contributed by atoms with Gasteiger partial charge < -0.3 is 18.9 Å².